The second kappa shape index (κ2) is 9.83. The minimum absolute atomic E-state index is 0.0385. The van der Waals surface area contributed by atoms with Crippen LogP contribution >= 0.6 is 11.6 Å². The summed E-state index contributed by atoms with van der Waals surface area (Å²) < 4.78 is 5.26. The van der Waals surface area contributed by atoms with Crippen LogP contribution in [0.4, 0.5) is 5.69 Å². The van der Waals surface area contributed by atoms with Gasteiger partial charge in [-0.25, -0.2) is 0 Å². The Labute approximate surface area is 148 Å². The molecule has 0 saturated heterocycles. The zero-order chi connectivity index (χ0) is 17.2. The van der Waals surface area contributed by atoms with Crippen LogP contribution in [0.2, 0.25) is 5.02 Å². The average molecular weight is 347 g/mol. The lowest BCUT2D eigenvalue weighted by Gasteiger charge is -2.11. The number of anilines is 1. The maximum absolute atomic E-state index is 11.9. The van der Waals surface area contributed by atoms with Gasteiger partial charge in [-0.3, -0.25) is 4.79 Å². The van der Waals surface area contributed by atoms with Crippen LogP contribution in [-0.4, -0.2) is 26.1 Å². The van der Waals surface area contributed by atoms with E-state index in [0.29, 0.717) is 30.3 Å². The summed E-state index contributed by atoms with van der Waals surface area (Å²) in [6.07, 6.45) is 2.31. The number of benzene rings is 2. The van der Waals surface area contributed by atoms with Crippen LogP contribution in [-0.2, 0) is 11.2 Å². The molecule has 128 valence electrons. The van der Waals surface area contributed by atoms with Gasteiger partial charge in [-0.2, -0.15) is 0 Å². The first-order valence-electron chi connectivity index (χ1n) is 8.07. The quantitative estimate of drug-likeness (QED) is 0.677. The van der Waals surface area contributed by atoms with Gasteiger partial charge in [-0.15, -0.1) is 0 Å². The minimum atomic E-state index is 0.0385. The molecule has 0 heterocycles. The van der Waals surface area contributed by atoms with E-state index in [4.69, 9.17) is 16.3 Å². The summed E-state index contributed by atoms with van der Waals surface area (Å²) in [6.45, 7) is 1.22. The fourth-order valence-electron chi connectivity index (χ4n) is 2.38. The molecule has 2 aromatic carbocycles. The number of carbonyl (C=O) groups is 1. The van der Waals surface area contributed by atoms with E-state index in [2.05, 4.69) is 22.8 Å². The van der Waals surface area contributed by atoms with Crippen molar-refractivity contribution in [2.24, 2.45) is 0 Å². The largest absolute Gasteiger partial charge is 0.495 e. The molecule has 2 aromatic rings. The van der Waals surface area contributed by atoms with Crippen molar-refractivity contribution in [1.82, 2.24) is 5.32 Å². The van der Waals surface area contributed by atoms with Crippen molar-refractivity contribution < 1.29 is 9.53 Å². The predicted octanol–water partition coefficient (Wildman–Crippen LogP) is 3.90. The molecule has 24 heavy (non-hydrogen) atoms. The molecule has 0 atom stereocenters. The lowest BCUT2D eigenvalue weighted by molar-refractivity contribution is -0.120. The van der Waals surface area contributed by atoms with Gasteiger partial charge in [-0.05, 0) is 36.6 Å². The van der Waals surface area contributed by atoms with Gasteiger partial charge in [0.05, 0.1) is 12.8 Å². The molecule has 2 N–H and O–H groups in total. The molecule has 0 saturated carbocycles. The standard InChI is InChI=1S/C19H23ClN2O2/c1-24-18-10-9-16(20)14-17(18)21-13-11-19(23)22-12-5-8-15-6-3-2-4-7-15/h2-4,6-7,9-10,14,21H,5,8,11-13H2,1H3,(H,22,23). The molecule has 4 nitrogen and oxygen atoms in total. The van der Waals surface area contributed by atoms with Gasteiger partial charge in [0.25, 0.3) is 0 Å². The first-order chi connectivity index (χ1) is 11.7. The van der Waals surface area contributed by atoms with Crippen LogP contribution in [0, 0.1) is 0 Å². The zero-order valence-corrected chi connectivity index (χ0v) is 14.6. The third kappa shape index (κ3) is 6.13. The number of aryl methyl sites for hydroxylation is 1. The van der Waals surface area contributed by atoms with Crippen LogP contribution in [0.3, 0.4) is 0 Å². The van der Waals surface area contributed by atoms with Gasteiger partial charge in [0.1, 0.15) is 5.75 Å². The average Bonchev–Trinajstić information content (AvgIpc) is 2.60. The van der Waals surface area contributed by atoms with Crippen molar-refractivity contribution in [2.45, 2.75) is 19.3 Å². The number of hydrogen-bond acceptors (Lipinski definition) is 3. The van der Waals surface area contributed by atoms with E-state index >= 15 is 0 Å². The van der Waals surface area contributed by atoms with Gasteiger partial charge in [0.2, 0.25) is 5.91 Å². The minimum Gasteiger partial charge on any atom is -0.495 e. The summed E-state index contributed by atoms with van der Waals surface area (Å²) in [6, 6.07) is 15.6. The number of carbonyl (C=O) groups excluding carboxylic acids is 1. The lowest BCUT2D eigenvalue weighted by Crippen LogP contribution is -2.26. The first-order valence-corrected chi connectivity index (χ1v) is 8.45. The molecule has 0 bridgehead atoms. The van der Waals surface area contributed by atoms with Crippen LogP contribution in [0.5, 0.6) is 5.75 Å². The Morgan fingerprint density at radius 3 is 2.67 bits per heavy atom. The SMILES string of the molecule is COc1ccc(Cl)cc1NCCC(=O)NCCCc1ccccc1. The van der Waals surface area contributed by atoms with Gasteiger partial charge in [0, 0.05) is 24.5 Å². The van der Waals surface area contributed by atoms with Crippen molar-refractivity contribution in [3.63, 3.8) is 0 Å². The van der Waals surface area contributed by atoms with Crippen molar-refractivity contribution in [3.05, 3.63) is 59.1 Å². The third-order valence-corrected chi connectivity index (χ3v) is 3.87. The topological polar surface area (TPSA) is 50.4 Å². The maximum Gasteiger partial charge on any atom is 0.221 e. The second-order valence-corrected chi connectivity index (χ2v) is 5.90. The molecular weight excluding hydrogens is 324 g/mol. The molecule has 0 aliphatic rings. The normalized spacial score (nSPS) is 10.2. The van der Waals surface area contributed by atoms with Gasteiger partial charge in [-0.1, -0.05) is 41.9 Å². The van der Waals surface area contributed by atoms with Gasteiger partial charge in [0.15, 0.2) is 0 Å². The molecule has 0 spiro atoms. The Morgan fingerprint density at radius 1 is 1.12 bits per heavy atom. The smallest absolute Gasteiger partial charge is 0.221 e. The summed E-state index contributed by atoms with van der Waals surface area (Å²) in [5.41, 5.74) is 2.09. The summed E-state index contributed by atoms with van der Waals surface area (Å²) in [7, 11) is 1.61. The maximum atomic E-state index is 11.9. The molecule has 5 heteroatoms. The van der Waals surface area contributed by atoms with Crippen LogP contribution in [0.25, 0.3) is 0 Å². The van der Waals surface area contributed by atoms with Crippen molar-refractivity contribution in [1.29, 1.82) is 0 Å². The summed E-state index contributed by atoms with van der Waals surface area (Å²) in [5, 5.41) is 6.75. The highest BCUT2D eigenvalue weighted by atomic mass is 35.5. The second-order valence-electron chi connectivity index (χ2n) is 5.46. The Morgan fingerprint density at radius 2 is 1.92 bits per heavy atom. The van der Waals surface area contributed by atoms with Crippen LogP contribution in [0.15, 0.2) is 48.5 Å². The van der Waals surface area contributed by atoms with E-state index in [1.54, 1.807) is 25.3 Å². The van der Waals surface area contributed by atoms with E-state index in [1.807, 2.05) is 18.2 Å². The van der Waals surface area contributed by atoms with E-state index < -0.39 is 0 Å². The molecule has 0 unspecified atom stereocenters. The highest BCUT2D eigenvalue weighted by Gasteiger charge is 2.05. The molecule has 0 aliphatic carbocycles. The summed E-state index contributed by atoms with van der Waals surface area (Å²) >= 11 is 5.98. The van der Waals surface area contributed by atoms with Crippen LogP contribution in [0.1, 0.15) is 18.4 Å². The Balaban J connectivity index is 1.64. The highest BCUT2D eigenvalue weighted by Crippen LogP contribution is 2.27. The number of ether oxygens (including phenoxy) is 1. The Bertz CT molecular complexity index is 647. The van der Waals surface area contributed by atoms with E-state index in [-0.39, 0.29) is 5.91 Å². The highest BCUT2D eigenvalue weighted by molar-refractivity contribution is 6.30. The molecule has 0 radical (unpaired) electrons. The van der Waals surface area contributed by atoms with Gasteiger partial charge < -0.3 is 15.4 Å². The lowest BCUT2D eigenvalue weighted by atomic mass is 10.1. The van der Waals surface area contributed by atoms with E-state index in [9.17, 15) is 4.79 Å². The third-order valence-electron chi connectivity index (χ3n) is 3.64. The molecule has 0 aliphatic heterocycles. The molecule has 0 fully saturated rings. The molecule has 2 rings (SSSR count). The number of amides is 1. The number of methoxy groups -OCH3 is 1. The number of nitrogens with one attached hydrogen (secondary N) is 2. The fourth-order valence-corrected chi connectivity index (χ4v) is 2.55. The summed E-state index contributed by atoms with van der Waals surface area (Å²) in [4.78, 5) is 11.9. The van der Waals surface area contributed by atoms with Crippen molar-refractivity contribution >= 4 is 23.2 Å². The van der Waals surface area contributed by atoms with Crippen LogP contribution < -0.4 is 15.4 Å². The zero-order valence-electron chi connectivity index (χ0n) is 13.8. The fraction of sp³-hybridized carbons (Fsp3) is 0.316. The molecule has 0 aromatic heterocycles. The summed E-state index contributed by atoms with van der Waals surface area (Å²) in [5.74, 6) is 0.749. The van der Waals surface area contributed by atoms with E-state index in [1.165, 1.54) is 5.56 Å². The number of halogens is 1. The number of rotatable bonds is 9. The van der Waals surface area contributed by atoms with E-state index in [0.717, 1.165) is 18.5 Å². The molecule has 1 amide bonds. The molecular formula is C19H23ClN2O2. The first kappa shape index (κ1) is 18.1. The number of hydrogen-bond donors (Lipinski definition) is 2. The van der Waals surface area contributed by atoms with Gasteiger partial charge >= 0.3 is 0 Å². The van der Waals surface area contributed by atoms with Crippen molar-refractivity contribution in [3.8, 4) is 5.75 Å². The predicted molar refractivity (Wildman–Crippen MR) is 98.9 cm³/mol. The monoisotopic (exact) mass is 346 g/mol. The Kier molecular flexibility index (Phi) is 7.43. The van der Waals surface area contributed by atoms with Crippen molar-refractivity contribution in [2.75, 3.05) is 25.5 Å². The Hall–Kier alpha value is -2.20.